The fraction of sp³-hybridized carbons (Fsp3) is 0.188. The summed E-state index contributed by atoms with van der Waals surface area (Å²) >= 11 is 0. The Labute approximate surface area is 127 Å². The van der Waals surface area contributed by atoms with E-state index in [1.54, 1.807) is 36.4 Å². The molecule has 0 bridgehead atoms. The highest BCUT2D eigenvalue weighted by Gasteiger charge is 2.08. The molecule has 2 aromatic rings. The van der Waals surface area contributed by atoms with Crippen LogP contribution in [0.4, 0.5) is 5.69 Å². The van der Waals surface area contributed by atoms with Crippen LogP contribution in [0.25, 0.3) is 0 Å². The van der Waals surface area contributed by atoms with Crippen molar-refractivity contribution in [1.29, 1.82) is 5.26 Å². The molecule has 0 saturated carbocycles. The lowest BCUT2D eigenvalue weighted by molar-refractivity contribution is -0.116. The van der Waals surface area contributed by atoms with Crippen molar-refractivity contribution in [3.8, 4) is 6.07 Å². The molecule has 1 aromatic carbocycles. The van der Waals surface area contributed by atoms with Gasteiger partial charge in [0.1, 0.15) is 0 Å². The van der Waals surface area contributed by atoms with E-state index in [9.17, 15) is 9.59 Å². The molecular formula is C16H15N3O3. The second-order valence-electron chi connectivity index (χ2n) is 4.56. The van der Waals surface area contributed by atoms with Crippen LogP contribution in [-0.2, 0) is 11.2 Å². The number of hydrogen-bond acceptors (Lipinski definition) is 4. The van der Waals surface area contributed by atoms with Gasteiger partial charge in [-0.05, 0) is 29.8 Å². The summed E-state index contributed by atoms with van der Waals surface area (Å²) in [6.45, 7) is 0.220. The van der Waals surface area contributed by atoms with Crippen LogP contribution in [-0.4, -0.2) is 18.4 Å². The molecular weight excluding hydrogens is 282 g/mol. The van der Waals surface area contributed by atoms with Gasteiger partial charge in [-0.25, -0.2) is 0 Å². The smallest absolute Gasteiger partial charge is 0.286 e. The molecule has 112 valence electrons. The molecule has 1 heterocycles. The second kappa shape index (κ2) is 7.64. The number of furan rings is 1. The van der Waals surface area contributed by atoms with Crippen molar-refractivity contribution in [2.75, 3.05) is 11.9 Å². The number of anilines is 1. The normalized spacial score (nSPS) is 9.77. The van der Waals surface area contributed by atoms with Gasteiger partial charge in [-0.3, -0.25) is 9.59 Å². The molecule has 6 heteroatoms. The Morgan fingerprint density at radius 3 is 2.59 bits per heavy atom. The van der Waals surface area contributed by atoms with Gasteiger partial charge in [-0.2, -0.15) is 5.26 Å². The molecule has 0 fully saturated rings. The predicted molar refractivity (Wildman–Crippen MR) is 80.0 cm³/mol. The average molecular weight is 297 g/mol. The van der Waals surface area contributed by atoms with Crippen molar-refractivity contribution in [1.82, 2.24) is 5.32 Å². The van der Waals surface area contributed by atoms with E-state index in [0.717, 1.165) is 5.56 Å². The zero-order valence-corrected chi connectivity index (χ0v) is 11.8. The van der Waals surface area contributed by atoms with Gasteiger partial charge >= 0.3 is 0 Å². The highest BCUT2D eigenvalue weighted by Crippen LogP contribution is 2.10. The summed E-state index contributed by atoms with van der Waals surface area (Å²) in [7, 11) is 0. The Bertz CT molecular complexity index is 670. The van der Waals surface area contributed by atoms with Gasteiger partial charge in [0.2, 0.25) is 5.91 Å². The first-order valence-corrected chi connectivity index (χ1v) is 6.76. The third kappa shape index (κ3) is 4.49. The van der Waals surface area contributed by atoms with Gasteiger partial charge in [0.15, 0.2) is 5.76 Å². The molecule has 2 rings (SSSR count). The molecule has 0 saturated heterocycles. The molecule has 0 aliphatic rings. The minimum absolute atomic E-state index is 0.159. The van der Waals surface area contributed by atoms with Crippen LogP contribution in [0.2, 0.25) is 0 Å². The van der Waals surface area contributed by atoms with Crippen LogP contribution in [0.15, 0.2) is 47.1 Å². The number of nitriles is 1. The Kier molecular flexibility index (Phi) is 5.32. The van der Waals surface area contributed by atoms with E-state index in [1.165, 1.54) is 6.26 Å². The van der Waals surface area contributed by atoms with Crippen LogP contribution in [0, 0.1) is 11.3 Å². The molecule has 0 aliphatic carbocycles. The molecule has 0 atom stereocenters. The van der Waals surface area contributed by atoms with Gasteiger partial charge in [0.05, 0.1) is 18.8 Å². The van der Waals surface area contributed by atoms with Crippen molar-refractivity contribution in [2.24, 2.45) is 0 Å². The Morgan fingerprint density at radius 2 is 1.95 bits per heavy atom. The van der Waals surface area contributed by atoms with Crippen molar-refractivity contribution >= 4 is 17.5 Å². The van der Waals surface area contributed by atoms with Gasteiger partial charge in [-0.1, -0.05) is 12.1 Å². The van der Waals surface area contributed by atoms with Crippen LogP contribution >= 0.6 is 0 Å². The minimum atomic E-state index is -0.348. The van der Waals surface area contributed by atoms with Gasteiger partial charge in [-0.15, -0.1) is 0 Å². The molecule has 22 heavy (non-hydrogen) atoms. The van der Waals surface area contributed by atoms with Gasteiger partial charge in [0, 0.05) is 18.7 Å². The maximum Gasteiger partial charge on any atom is 0.286 e. The number of hydrogen-bond donors (Lipinski definition) is 2. The van der Waals surface area contributed by atoms with E-state index in [0.29, 0.717) is 12.1 Å². The van der Waals surface area contributed by atoms with E-state index in [-0.39, 0.29) is 30.5 Å². The van der Waals surface area contributed by atoms with E-state index >= 15 is 0 Å². The van der Waals surface area contributed by atoms with E-state index in [4.69, 9.17) is 9.68 Å². The first kappa shape index (κ1) is 15.3. The maximum absolute atomic E-state index is 11.8. The van der Waals surface area contributed by atoms with Crippen LogP contribution in [0.1, 0.15) is 22.5 Å². The number of rotatable bonds is 6. The highest BCUT2D eigenvalue weighted by atomic mass is 16.3. The van der Waals surface area contributed by atoms with Crippen molar-refractivity contribution in [2.45, 2.75) is 12.8 Å². The summed E-state index contributed by atoms with van der Waals surface area (Å²) in [5, 5.41) is 13.9. The first-order valence-electron chi connectivity index (χ1n) is 6.76. The Hall–Kier alpha value is -3.07. The zero-order chi connectivity index (χ0) is 15.8. The van der Waals surface area contributed by atoms with Crippen LogP contribution in [0.3, 0.4) is 0 Å². The minimum Gasteiger partial charge on any atom is -0.459 e. The molecule has 0 spiro atoms. The number of benzene rings is 1. The summed E-state index contributed by atoms with van der Waals surface area (Å²) < 4.78 is 4.94. The standard InChI is InChI=1S/C16H15N3O3/c17-9-7-12-3-5-13(6-4-12)19-15(20)8-10-18-16(21)14-2-1-11-22-14/h1-6,11H,7-8,10H2,(H,18,21)(H,19,20). The van der Waals surface area contributed by atoms with Crippen molar-refractivity contribution in [3.05, 3.63) is 54.0 Å². The SMILES string of the molecule is N#CCc1ccc(NC(=O)CCNC(=O)c2ccco2)cc1. The average Bonchev–Trinajstić information content (AvgIpc) is 3.04. The highest BCUT2D eigenvalue weighted by molar-refractivity contribution is 5.93. The number of nitrogens with zero attached hydrogens (tertiary/aromatic N) is 1. The Balaban J connectivity index is 1.74. The summed E-state index contributed by atoms with van der Waals surface area (Å²) in [5.74, 6) is -0.333. The molecule has 0 radical (unpaired) electrons. The third-order valence-corrected chi connectivity index (χ3v) is 2.90. The van der Waals surface area contributed by atoms with E-state index in [2.05, 4.69) is 16.7 Å². The van der Waals surface area contributed by atoms with Crippen molar-refractivity contribution in [3.63, 3.8) is 0 Å². The topological polar surface area (TPSA) is 95.1 Å². The van der Waals surface area contributed by atoms with E-state index in [1.807, 2.05) is 0 Å². The molecule has 2 N–H and O–H groups in total. The van der Waals surface area contributed by atoms with Gasteiger partial charge < -0.3 is 15.1 Å². The van der Waals surface area contributed by atoms with Crippen LogP contribution < -0.4 is 10.6 Å². The molecule has 0 unspecified atom stereocenters. The molecule has 1 aromatic heterocycles. The number of carbonyl (C=O) groups is 2. The third-order valence-electron chi connectivity index (χ3n) is 2.90. The molecule has 6 nitrogen and oxygen atoms in total. The largest absolute Gasteiger partial charge is 0.459 e. The molecule has 2 amide bonds. The van der Waals surface area contributed by atoms with E-state index < -0.39 is 0 Å². The lowest BCUT2D eigenvalue weighted by Crippen LogP contribution is -2.27. The summed E-state index contributed by atoms with van der Waals surface area (Å²) in [4.78, 5) is 23.3. The number of carbonyl (C=O) groups excluding carboxylic acids is 2. The second-order valence-corrected chi connectivity index (χ2v) is 4.56. The summed E-state index contributed by atoms with van der Waals surface area (Å²) in [6, 6.07) is 12.3. The van der Waals surface area contributed by atoms with Crippen LogP contribution in [0.5, 0.6) is 0 Å². The number of nitrogens with one attached hydrogen (secondary N) is 2. The summed E-state index contributed by atoms with van der Waals surface area (Å²) in [6.07, 6.45) is 1.91. The quantitative estimate of drug-likeness (QED) is 0.853. The van der Waals surface area contributed by atoms with Crippen molar-refractivity contribution < 1.29 is 14.0 Å². The summed E-state index contributed by atoms with van der Waals surface area (Å²) in [5.41, 5.74) is 1.55. The van der Waals surface area contributed by atoms with Gasteiger partial charge in [0.25, 0.3) is 5.91 Å². The first-order chi connectivity index (χ1) is 10.7. The zero-order valence-electron chi connectivity index (χ0n) is 11.8. The number of amides is 2. The monoisotopic (exact) mass is 297 g/mol. The lowest BCUT2D eigenvalue weighted by Gasteiger charge is -2.06. The fourth-order valence-electron chi connectivity index (χ4n) is 1.81. The predicted octanol–water partition coefficient (Wildman–Crippen LogP) is 2.10. The fourth-order valence-corrected chi connectivity index (χ4v) is 1.81. The molecule has 0 aliphatic heterocycles. The maximum atomic E-state index is 11.8. The lowest BCUT2D eigenvalue weighted by atomic mass is 10.1. The Morgan fingerprint density at radius 1 is 1.18 bits per heavy atom.